The topological polar surface area (TPSA) is 164 Å². The van der Waals surface area contributed by atoms with Gasteiger partial charge >= 0.3 is 0 Å². The second kappa shape index (κ2) is 20.9. The van der Waals surface area contributed by atoms with Crippen LogP contribution in [0.2, 0.25) is 0 Å². The van der Waals surface area contributed by atoms with Crippen LogP contribution in [-0.4, -0.2) is 74.1 Å². The fourth-order valence-corrected chi connectivity index (χ4v) is 9.80. The number of ether oxygens (including phenoxy) is 2. The minimum Gasteiger partial charge on any atom is -0.392 e. The Morgan fingerprint density at radius 1 is 0.773 bits per heavy atom. The number of carbonyl (C=O) groups excluding carboxylic acids is 1. The Labute approximate surface area is 386 Å². The number of benzene rings is 6. The van der Waals surface area contributed by atoms with Crippen molar-refractivity contribution in [2.45, 2.75) is 62.9 Å². The van der Waals surface area contributed by atoms with E-state index in [1.165, 1.54) is 12.1 Å². The quantitative estimate of drug-likeness (QED) is 0.0643. The lowest BCUT2D eigenvalue weighted by molar-refractivity contribution is -0.384. The molecule has 1 amide bonds. The Morgan fingerprint density at radius 2 is 1.44 bits per heavy atom. The number of rotatable bonds is 16. The highest BCUT2D eigenvalue weighted by Gasteiger charge is 2.39. The second-order valence-corrected chi connectivity index (χ2v) is 18.8. The zero-order chi connectivity index (χ0) is 46.2. The third-order valence-electron chi connectivity index (χ3n) is 12.5. The van der Waals surface area contributed by atoms with Crippen LogP contribution in [-0.2, 0) is 43.9 Å². The maximum Gasteiger partial charge on any atom is 0.269 e. The molecule has 0 radical (unpaired) electrons. The van der Waals surface area contributed by atoms with E-state index in [0.29, 0.717) is 6.54 Å². The van der Waals surface area contributed by atoms with Gasteiger partial charge in [0.25, 0.3) is 5.69 Å². The maximum atomic E-state index is 13.8. The Balaban J connectivity index is 0.968. The number of aliphatic hydroxyl groups excluding tert-OH is 1. The lowest BCUT2D eigenvalue weighted by atomic mass is 9.89. The van der Waals surface area contributed by atoms with Gasteiger partial charge in [0.2, 0.25) is 15.9 Å². The lowest BCUT2D eigenvalue weighted by Crippen LogP contribution is -2.51. The van der Waals surface area contributed by atoms with Gasteiger partial charge in [0.1, 0.15) is 6.04 Å². The summed E-state index contributed by atoms with van der Waals surface area (Å²) in [6, 6.07) is 45.3. The zero-order valence-corrected chi connectivity index (χ0v) is 37.8. The van der Waals surface area contributed by atoms with Crippen molar-refractivity contribution in [3.63, 3.8) is 0 Å². The van der Waals surface area contributed by atoms with Crippen LogP contribution in [0.5, 0.6) is 0 Å². The summed E-state index contributed by atoms with van der Waals surface area (Å²) in [5, 5.41) is 23.9. The van der Waals surface area contributed by atoms with Gasteiger partial charge in [-0.1, -0.05) is 116 Å². The molecule has 2 saturated heterocycles. The number of nitro groups is 1. The molecule has 13 nitrogen and oxygen atoms in total. The van der Waals surface area contributed by atoms with Gasteiger partial charge in [-0.3, -0.25) is 19.8 Å². The maximum absolute atomic E-state index is 13.8. The number of nitrogens with zero attached hydrogens (tertiary/aromatic N) is 3. The van der Waals surface area contributed by atoms with Crippen LogP contribution in [0.15, 0.2) is 157 Å². The molecule has 2 fully saturated rings. The Kier molecular flexibility index (Phi) is 14.7. The number of anilines is 1. The first kappa shape index (κ1) is 46.3. The number of nitrogens with one attached hydrogen (secondary N) is 2. The van der Waals surface area contributed by atoms with Gasteiger partial charge in [0.15, 0.2) is 6.29 Å². The van der Waals surface area contributed by atoms with Crippen LogP contribution in [0.25, 0.3) is 11.1 Å². The van der Waals surface area contributed by atoms with Crippen molar-refractivity contribution in [3.05, 3.63) is 195 Å². The van der Waals surface area contributed by atoms with Crippen LogP contribution in [0.4, 0.5) is 11.4 Å². The number of piperazine rings is 1. The first-order chi connectivity index (χ1) is 31.9. The molecule has 0 spiro atoms. The smallest absolute Gasteiger partial charge is 0.269 e. The molecule has 0 bridgehead atoms. The number of aliphatic hydroxyl groups is 1. The highest BCUT2D eigenvalue weighted by atomic mass is 32.2. The number of nitro benzene ring substituents is 1. The Bertz CT molecular complexity index is 2700. The van der Waals surface area contributed by atoms with E-state index in [9.17, 15) is 28.4 Å². The second-order valence-electron chi connectivity index (χ2n) is 17.1. The number of hydrogen-bond acceptors (Lipinski definition) is 10. The number of non-ortho nitro benzene ring substituents is 1. The number of carbonyl (C=O) groups is 1. The molecule has 14 heteroatoms. The molecule has 0 saturated carbocycles. The van der Waals surface area contributed by atoms with Crippen LogP contribution >= 0.6 is 0 Å². The first-order valence-electron chi connectivity index (χ1n) is 22.2. The molecule has 2 aliphatic heterocycles. The molecule has 0 aromatic heterocycles. The van der Waals surface area contributed by atoms with Crippen molar-refractivity contribution in [2.75, 3.05) is 37.6 Å². The Hall–Kier alpha value is -6.26. The molecule has 8 rings (SSSR count). The average Bonchev–Trinajstić information content (AvgIpc) is 3.34. The normalized spacial score (nSPS) is 19.5. The van der Waals surface area contributed by atoms with Gasteiger partial charge in [0.05, 0.1) is 28.6 Å². The Morgan fingerprint density at radius 3 is 2.12 bits per heavy atom. The summed E-state index contributed by atoms with van der Waals surface area (Å²) in [5.74, 6) is -0.446. The van der Waals surface area contributed by atoms with Crippen molar-refractivity contribution >= 4 is 27.3 Å². The van der Waals surface area contributed by atoms with E-state index in [0.717, 1.165) is 76.4 Å². The van der Waals surface area contributed by atoms with Gasteiger partial charge in [-0.15, -0.1) is 0 Å². The summed E-state index contributed by atoms with van der Waals surface area (Å²) >= 11 is 0. The van der Waals surface area contributed by atoms with Crippen molar-refractivity contribution < 1.29 is 32.7 Å². The number of aryl methyl sites for hydroxylation is 1. The standard InChI is InChI=1S/C52H55N5O8S/c1-36-14-24-47(25-15-36)66(62,63)54-48(31-38-8-4-3-5-9-38)51(59)53-33-40-10-6-11-42(30-40)43-12-7-13-44(32-43)52-64-49(37(2)50(65-52)41-18-16-39(35-58)17-19-41)34-55-26-28-56(29-27-55)45-20-22-46(23-21-45)57(60)61/h3-25,30,32,37,48-50,52,54,58H,26-29,31,33-35H2,1-2H3,(H,53,59). The minimum absolute atomic E-state index is 0.00536. The van der Waals surface area contributed by atoms with Crippen LogP contribution in [0.1, 0.15) is 52.7 Å². The first-order valence-corrected chi connectivity index (χ1v) is 23.7. The van der Waals surface area contributed by atoms with Gasteiger partial charge in [-0.25, -0.2) is 8.42 Å². The van der Waals surface area contributed by atoms with E-state index >= 15 is 0 Å². The summed E-state index contributed by atoms with van der Waals surface area (Å²) in [4.78, 5) is 29.3. The molecule has 5 atom stereocenters. The fraction of sp³-hybridized carbons (Fsp3) is 0.288. The van der Waals surface area contributed by atoms with E-state index in [1.54, 1.807) is 24.3 Å². The highest BCUT2D eigenvalue weighted by Crippen LogP contribution is 2.42. The van der Waals surface area contributed by atoms with Crippen molar-refractivity contribution in [1.29, 1.82) is 0 Å². The predicted molar refractivity (Wildman–Crippen MR) is 254 cm³/mol. The third-order valence-corrected chi connectivity index (χ3v) is 14.0. The molecule has 6 aromatic carbocycles. The molecule has 3 N–H and O–H groups in total. The van der Waals surface area contributed by atoms with E-state index in [-0.39, 0.29) is 53.2 Å². The van der Waals surface area contributed by atoms with E-state index < -0.39 is 28.3 Å². The molecular weight excluding hydrogens is 855 g/mol. The SMILES string of the molecule is Cc1ccc(S(=O)(=O)NC(Cc2ccccc2)C(=O)NCc2cccc(-c3cccc(C4OC(CN5CCN(c6ccc([N+](=O)[O-])cc6)CC5)C(C)C(c5ccc(CO)cc5)O4)c3)c2)cc1. The van der Waals surface area contributed by atoms with Crippen LogP contribution in [0.3, 0.4) is 0 Å². The van der Waals surface area contributed by atoms with Gasteiger partial charge in [-0.05, 0) is 83.1 Å². The monoisotopic (exact) mass is 909 g/mol. The molecular formula is C52H55N5O8S. The van der Waals surface area contributed by atoms with Crippen LogP contribution < -0.4 is 14.9 Å². The van der Waals surface area contributed by atoms with Crippen molar-refractivity contribution in [1.82, 2.24) is 14.9 Å². The van der Waals surface area contributed by atoms with E-state index in [2.05, 4.69) is 32.8 Å². The van der Waals surface area contributed by atoms with Gasteiger partial charge in [-0.2, -0.15) is 4.72 Å². The fourth-order valence-electron chi connectivity index (χ4n) is 8.60. The molecule has 2 aliphatic rings. The number of amides is 1. The zero-order valence-electron chi connectivity index (χ0n) is 37.0. The summed E-state index contributed by atoms with van der Waals surface area (Å²) in [6.45, 7) is 8.00. The molecule has 6 aromatic rings. The van der Waals surface area contributed by atoms with Crippen molar-refractivity contribution in [2.24, 2.45) is 5.92 Å². The number of sulfonamides is 1. The van der Waals surface area contributed by atoms with Crippen molar-refractivity contribution in [3.8, 4) is 11.1 Å². The summed E-state index contributed by atoms with van der Waals surface area (Å²) in [7, 11) is -3.99. The predicted octanol–water partition coefficient (Wildman–Crippen LogP) is 7.88. The molecule has 2 heterocycles. The molecule has 66 heavy (non-hydrogen) atoms. The summed E-state index contributed by atoms with van der Waals surface area (Å²) in [6.07, 6.45) is -0.973. The van der Waals surface area contributed by atoms with E-state index in [4.69, 9.17) is 9.47 Å². The molecule has 0 aliphatic carbocycles. The third kappa shape index (κ3) is 11.4. The summed E-state index contributed by atoms with van der Waals surface area (Å²) in [5.41, 5.74) is 8.16. The highest BCUT2D eigenvalue weighted by molar-refractivity contribution is 7.89. The molecule has 342 valence electrons. The minimum atomic E-state index is -3.99. The number of hydrogen-bond donors (Lipinski definition) is 3. The van der Waals surface area contributed by atoms with Gasteiger partial charge in [0, 0.05) is 68.6 Å². The summed E-state index contributed by atoms with van der Waals surface area (Å²) < 4.78 is 43.2. The molecule has 5 unspecified atom stereocenters. The lowest BCUT2D eigenvalue weighted by Gasteiger charge is -2.44. The average molecular weight is 910 g/mol. The largest absolute Gasteiger partial charge is 0.392 e. The van der Waals surface area contributed by atoms with Gasteiger partial charge < -0.3 is 24.8 Å². The van der Waals surface area contributed by atoms with Crippen LogP contribution in [0, 0.1) is 23.0 Å². The van der Waals surface area contributed by atoms with E-state index in [1.807, 2.05) is 116 Å².